The topological polar surface area (TPSA) is 80.9 Å². The lowest BCUT2D eigenvalue weighted by Crippen LogP contribution is -2.45. The normalized spacial score (nSPS) is 16.0. The summed E-state index contributed by atoms with van der Waals surface area (Å²) in [6.07, 6.45) is 6.32. The maximum Gasteiger partial charge on any atom is 0.273 e. The van der Waals surface area contributed by atoms with Crippen LogP contribution in [0.4, 0.5) is 5.82 Å². The van der Waals surface area contributed by atoms with Gasteiger partial charge in [0.15, 0.2) is 11.5 Å². The average Bonchev–Trinajstić information content (AvgIpc) is 2.47. The lowest BCUT2D eigenvalue weighted by Gasteiger charge is -2.42. The quantitative estimate of drug-likeness (QED) is 0.897. The first-order valence-corrected chi connectivity index (χ1v) is 7.11. The number of nitrogens with two attached hydrogens (primary N) is 1. The Morgan fingerprint density at radius 1 is 1.19 bits per heavy atom. The van der Waals surface area contributed by atoms with Gasteiger partial charge in [0.1, 0.15) is 0 Å². The second-order valence-corrected chi connectivity index (χ2v) is 5.47. The van der Waals surface area contributed by atoms with Gasteiger partial charge in [-0.1, -0.05) is 36.8 Å². The maximum atomic E-state index is 12.2. The highest BCUT2D eigenvalue weighted by Crippen LogP contribution is 2.43. The van der Waals surface area contributed by atoms with Crippen LogP contribution in [0.15, 0.2) is 42.7 Å². The van der Waals surface area contributed by atoms with E-state index in [1.807, 2.05) is 18.2 Å². The molecule has 1 aliphatic carbocycles. The fraction of sp³-hybridized carbons (Fsp3) is 0.312. The molecule has 3 rings (SSSR count). The number of rotatable bonds is 4. The van der Waals surface area contributed by atoms with E-state index in [4.69, 9.17) is 5.73 Å². The van der Waals surface area contributed by atoms with Crippen molar-refractivity contribution in [2.75, 3.05) is 12.3 Å². The predicted octanol–water partition coefficient (Wildman–Crippen LogP) is 1.91. The molecule has 1 aromatic carbocycles. The monoisotopic (exact) mass is 282 g/mol. The molecule has 1 fully saturated rings. The molecule has 0 spiro atoms. The Morgan fingerprint density at radius 3 is 2.52 bits per heavy atom. The molecule has 5 heteroatoms. The Balaban J connectivity index is 1.72. The second-order valence-electron chi connectivity index (χ2n) is 5.47. The van der Waals surface area contributed by atoms with Crippen LogP contribution >= 0.6 is 0 Å². The van der Waals surface area contributed by atoms with Crippen molar-refractivity contribution >= 4 is 11.7 Å². The fourth-order valence-electron chi connectivity index (χ4n) is 2.82. The first kappa shape index (κ1) is 13.5. The van der Waals surface area contributed by atoms with Crippen molar-refractivity contribution in [1.82, 2.24) is 15.3 Å². The van der Waals surface area contributed by atoms with E-state index in [-0.39, 0.29) is 22.8 Å². The molecule has 0 saturated heterocycles. The summed E-state index contributed by atoms with van der Waals surface area (Å²) in [5.74, 6) is -0.0971. The maximum absolute atomic E-state index is 12.2. The molecule has 1 saturated carbocycles. The minimum Gasteiger partial charge on any atom is -0.382 e. The summed E-state index contributed by atoms with van der Waals surface area (Å²) in [7, 11) is 0. The van der Waals surface area contributed by atoms with Crippen LogP contribution in [0, 0.1) is 0 Å². The van der Waals surface area contributed by atoms with Crippen molar-refractivity contribution < 1.29 is 4.79 Å². The minimum atomic E-state index is -0.261. The second kappa shape index (κ2) is 5.52. The number of carbonyl (C=O) groups is 1. The number of nitrogen functional groups attached to an aromatic ring is 1. The van der Waals surface area contributed by atoms with E-state index in [0.29, 0.717) is 6.54 Å². The standard InChI is InChI=1S/C16H18N4O/c17-14-13(18-9-10-19-14)15(21)20-11-16(7-4-8-16)12-5-2-1-3-6-12/h1-3,5-6,9-10H,4,7-8,11H2,(H2,17,19)(H,20,21). The lowest BCUT2D eigenvalue weighted by molar-refractivity contribution is 0.0923. The first-order valence-electron chi connectivity index (χ1n) is 7.11. The van der Waals surface area contributed by atoms with Gasteiger partial charge < -0.3 is 11.1 Å². The van der Waals surface area contributed by atoms with Gasteiger partial charge in [-0.05, 0) is 18.4 Å². The number of hydrogen-bond donors (Lipinski definition) is 2. The Labute approximate surface area is 123 Å². The molecule has 0 radical (unpaired) electrons. The van der Waals surface area contributed by atoms with E-state index in [9.17, 15) is 4.79 Å². The number of amides is 1. The van der Waals surface area contributed by atoms with Gasteiger partial charge >= 0.3 is 0 Å². The molecule has 0 bridgehead atoms. The first-order chi connectivity index (χ1) is 10.2. The van der Waals surface area contributed by atoms with E-state index < -0.39 is 0 Å². The third-order valence-corrected chi connectivity index (χ3v) is 4.23. The zero-order chi connectivity index (χ0) is 14.7. The molecule has 1 heterocycles. The predicted molar refractivity (Wildman–Crippen MR) is 80.7 cm³/mol. The van der Waals surface area contributed by atoms with E-state index in [1.165, 1.54) is 24.4 Å². The third kappa shape index (κ3) is 2.59. The van der Waals surface area contributed by atoms with Gasteiger partial charge in [0.25, 0.3) is 5.91 Å². The Morgan fingerprint density at radius 2 is 1.90 bits per heavy atom. The molecule has 2 aromatic rings. The number of carbonyl (C=O) groups excluding carboxylic acids is 1. The lowest BCUT2D eigenvalue weighted by atomic mass is 9.64. The van der Waals surface area contributed by atoms with Crippen LogP contribution in [0.3, 0.4) is 0 Å². The number of nitrogens with zero attached hydrogens (tertiary/aromatic N) is 2. The third-order valence-electron chi connectivity index (χ3n) is 4.23. The van der Waals surface area contributed by atoms with Gasteiger partial charge in [-0.15, -0.1) is 0 Å². The number of anilines is 1. The van der Waals surface area contributed by atoms with E-state index >= 15 is 0 Å². The van der Waals surface area contributed by atoms with Crippen LogP contribution in [-0.4, -0.2) is 22.4 Å². The Hall–Kier alpha value is -2.43. The molecule has 5 nitrogen and oxygen atoms in total. The molecule has 0 aliphatic heterocycles. The summed E-state index contributed by atoms with van der Waals surface area (Å²) in [5, 5.41) is 2.96. The van der Waals surface area contributed by atoms with E-state index in [0.717, 1.165) is 12.8 Å². The van der Waals surface area contributed by atoms with E-state index in [1.54, 1.807) is 0 Å². The van der Waals surface area contributed by atoms with Crippen LogP contribution in [0.1, 0.15) is 35.3 Å². The van der Waals surface area contributed by atoms with Crippen molar-refractivity contribution in [2.45, 2.75) is 24.7 Å². The highest BCUT2D eigenvalue weighted by atomic mass is 16.1. The number of nitrogens with one attached hydrogen (secondary N) is 1. The van der Waals surface area contributed by atoms with Gasteiger partial charge in [0, 0.05) is 24.4 Å². The van der Waals surface area contributed by atoms with Gasteiger partial charge in [-0.25, -0.2) is 9.97 Å². The molecule has 0 unspecified atom stereocenters. The molecule has 3 N–H and O–H groups in total. The van der Waals surface area contributed by atoms with Crippen LogP contribution in [0.2, 0.25) is 0 Å². The summed E-state index contributed by atoms with van der Waals surface area (Å²) < 4.78 is 0. The highest BCUT2D eigenvalue weighted by Gasteiger charge is 2.38. The molecular formula is C16H18N4O. The zero-order valence-corrected chi connectivity index (χ0v) is 11.7. The number of aromatic nitrogens is 2. The van der Waals surface area contributed by atoms with Gasteiger partial charge in [0.05, 0.1) is 0 Å². The van der Waals surface area contributed by atoms with Crippen molar-refractivity contribution in [3.63, 3.8) is 0 Å². The number of hydrogen-bond acceptors (Lipinski definition) is 4. The Kier molecular flexibility index (Phi) is 3.56. The van der Waals surface area contributed by atoms with Crippen LogP contribution < -0.4 is 11.1 Å². The smallest absolute Gasteiger partial charge is 0.273 e. The Bertz CT molecular complexity index is 638. The van der Waals surface area contributed by atoms with Crippen LogP contribution in [-0.2, 0) is 5.41 Å². The molecule has 1 aromatic heterocycles. The van der Waals surface area contributed by atoms with E-state index in [2.05, 4.69) is 27.4 Å². The van der Waals surface area contributed by atoms with Crippen molar-refractivity contribution in [3.8, 4) is 0 Å². The summed E-state index contributed by atoms with van der Waals surface area (Å²) in [6.45, 7) is 0.603. The van der Waals surface area contributed by atoms with Gasteiger partial charge in [-0.2, -0.15) is 0 Å². The van der Waals surface area contributed by atoms with Crippen LogP contribution in [0.25, 0.3) is 0 Å². The van der Waals surface area contributed by atoms with Crippen molar-refractivity contribution in [1.29, 1.82) is 0 Å². The van der Waals surface area contributed by atoms with Gasteiger partial charge in [0.2, 0.25) is 0 Å². The molecule has 108 valence electrons. The summed E-state index contributed by atoms with van der Waals surface area (Å²) >= 11 is 0. The zero-order valence-electron chi connectivity index (χ0n) is 11.7. The van der Waals surface area contributed by atoms with Crippen molar-refractivity contribution in [3.05, 3.63) is 54.0 Å². The summed E-state index contributed by atoms with van der Waals surface area (Å²) in [4.78, 5) is 20.1. The van der Waals surface area contributed by atoms with Gasteiger partial charge in [-0.3, -0.25) is 4.79 Å². The fourth-order valence-corrected chi connectivity index (χ4v) is 2.82. The summed E-state index contributed by atoms with van der Waals surface area (Å²) in [6, 6.07) is 10.3. The van der Waals surface area contributed by atoms with Crippen LogP contribution in [0.5, 0.6) is 0 Å². The highest BCUT2D eigenvalue weighted by molar-refractivity contribution is 5.96. The molecule has 0 atom stereocenters. The molecular weight excluding hydrogens is 264 g/mol. The molecule has 1 aliphatic rings. The SMILES string of the molecule is Nc1nccnc1C(=O)NCC1(c2ccccc2)CCC1. The number of benzene rings is 1. The molecule has 21 heavy (non-hydrogen) atoms. The van der Waals surface area contributed by atoms with Crippen molar-refractivity contribution in [2.24, 2.45) is 0 Å². The summed E-state index contributed by atoms with van der Waals surface area (Å²) in [5.41, 5.74) is 7.21. The minimum absolute atomic E-state index is 0.0495. The molecule has 1 amide bonds. The largest absolute Gasteiger partial charge is 0.382 e. The average molecular weight is 282 g/mol.